The molecule has 0 saturated carbocycles. The number of aryl methyl sites for hydroxylation is 1. The molecule has 2 N–H and O–H groups in total. The zero-order valence-corrected chi connectivity index (χ0v) is 13.1. The van der Waals surface area contributed by atoms with Crippen molar-refractivity contribution in [1.82, 2.24) is 9.97 Å². The second kappa shape index (κ2) is 5.60. The number of hydrogen-bond donors (Lipinski definition) is 1. The molecule has 0 amide bonds. The molecule has 5 nitrogen and oxygen atoms in total. The highest BCUT2D eigenvalue weighted by Crippen LogP contribution is 2.33. The number of benzene rings is 1. The Morgan fingerprint density at radius 1 is 1.10 bits per heavy atom. The molecule has 2 aromatic rings. The Bertz CT molecular complexity index is 648. The maximum Gasteiger partial charge on any atom is 0.249 e. The van der Waals surface area contributed by atoms with Crippen molar-refractivity contribution < 1.29 is 9.47 Å². The number of nitrogens with zero attached hydrogens (tertiary/aromatic N) is 2. The minimum Gasteiger partial charge on any atom is -0.479 e. The van der Waals surface area contributed by atoms with E-state index in [1.54, 1.807) is 0 Å². The largest absolute Gasteiger partial charge is 0.479 e. The highest BCUT2D eigenvalue weighted by atomic mass is 16.5. The van der Waals surface area contributed by atoms with Crippen LogP contribution in [-0.2, 0) is 5.41 Å². The SMILES string of the molecule is COc1ncnc(Oc2ccc(C(C)(C)C)cc2C)c1N. The Kier molecular flexibility index (Phi) is 4.02. The van der Waals surface area contributed by atoms with E-state index in [0.29, 0.717) is 17.4 Å². The predicted molar refractivity (Wildman–Crippen MR) is 82.9 cm³/mol. The van der Waals surface area contributed by atoms with Crippen LogP contribution in [0.3, 0.4) is 0 Å². The zero-order valence-electron chi connectivity index (χ0n) is 13.1. The van der Waals surface area contributed by atoms with Crippen molar-refractivity contribution >= 4 is 5.69 Å². The van der Waals surface area contributed by atoms with Gasteiger partial charge in [0, 0.05) is 0 Å². The Hall–Kier alpha value is -2.30. The van der Waals surface area contributed by atoms with Gasteiger partial charge in [-0.05, 0) is 29.5 Å². The molecular formula is C16H21N3O2. The first-order valence-electron chi connectivity index (χ1n) is 6.76. The van der Waals surface area contributed by atoms with Gasteiger partial charge in [0.2, 0.25) is 11.8 Å². The van der Waals surface area contributed by atoms with Crippen molar-refractivity contribution in [2.45, 2.75) is 33.1 Å². The number of aromatic nitrogens is 2. The number of ether oxygens (including phenoxy) is 2. The predicted octanol–water partition coefficient (Wildman–Crippen LogP) is 3.47. The van der Waals surface area contributed by atoms with Gasteiger partial charge in [-0.25, -0.2) is 0 Å². The van der Waals surface area contributed by atoms with Crippen molar-refractivity contribution in [3.63, 3.8) is 0 Å². The highest BCUT2D eigenvalue weighted by molar-refractivity contribution is 5.57. The average molecular weight is 287 g/mol. The molecule has 0 saturated heterocycles. The van der Waals surface area contributed by atoms with Crippen LogP contribution in [0.2, 0.25) is 0 Å². The van der Waals surface area contributed by atoms with Crippen molar-refractivity contribution in [2.24, 2.45) is 0 Å². The van der Waals surface area contributed by atoms with E-state index in [2.05, 4.69) is 42.9 Å². The quantitative estimate of drug-likeness (QED) is 0.936. The van der Waals surface area contributed by atoms with Gasteiger partial charge < -0.3 is 15.2 Å². The summed E-state index contributed by atoms with van der Waals surface area (Å²) in [6.45, 7) is 8.53. The van der Waals surface area contributed by atoms with Crippen LogP contribution in [-0.4, -0.2) is 17.1 Å². The summed E-state index contributed by atoms with van der Waals surface area (Å²) in [5, 5.41) is 0. The lowest BCUT2D eigenvalue weighted by atomic mass is 9.86. The van der Waals surface area contributed by atoms with Crippen LogP contribution in [0.25, 0.3) is 0 Å². The van der Waals surface area contributed by atoms with Gasteiger partial charge in [-0.2, -0.15) is 9.97 Å². The molecule has 21 heavy (non-hydrogen) atoms. The third-order valence-corrected chi connectivity index (χ3v) is 3.25. The fraction of sp³-hybridized carbons (Fsp3) is 0.375. The molecule has 0 fully saturated rings. The molecule has 0 unspecified atom stereocenters. The molecule has 0 spiro atoms. The van der Waals surface area contributed by atoms with Gasteiger partial charge in [-0.15, -0.1) is 0 Å². The van der Waals surface area contributed by atoms with Crippen molar-refractivity contribution in [1.29, 1.82) is 0 Å². The van der Waals surface area contributed by atoms with Crippen LogP contribution in [0.1, 0.15) is 31.9 Å². The summed E-state index contributed by atoms with van der Waals surface area (Å²) in [6.07, 6.45) is 1.36. The maximum absolute atomic E-state index is 5.92. The second-order valence-corrected chi connectivity index (χ2v) is 5.93. The van der Waals surface area contributed by atoms with E-state index in [4.69, 9.17) is 15.2 Å². The number of rotatable bonds is 3. The second-order valence-electron chi connectivity index (χ2n) is 5.93. The number of anilines is 1. The van der Waals surface area contributed by atoms with Crippen LogP contribution in [0, 0.1) is 6.92 Å². The molecule has 0 atom stereocenters. The molecular weight excluding hydrogens is 266 g/mol. The van der Waals surface area contributed by atoms with E-state index in [1.165, 1.54) is 19.0 Å². The Morgan fingerprint density at radius 2 is 1.76 bits per heavy atom. The first-order chi connectivity index (χ1) is 9.82. The smallest absolute Gasteiger partial charge is 0.249 e. The van der Waals surface area contributed by atoms with Crippen LogP contribution >= 0.6 is 0 Å². The molecule has 5 heteroatoms. The van der Waals surface area contributed by atoms with Gasteiger partial charge >= 0.3 is 0 Å². The summed E-state index contributed by atoms with van der Waals surface area (Å²) >= 11 is 0. The third kappa shape index (κ3) is 3.24. The van der Waals surface area contributed by atoms with Gasteiger partial charge in [-0.1, -0.05) is 32.9 Å². The van der Waals surface area contributed by atoms with Gasteiger partial charge in [0.15, 0.2) is 5.69 Å². The maximum atomic E-state index is 5.92. The van der Waals surface area contributed by atoms with E-state index >= 15 is 0 Å². The molecule has 0 aliphatic carbocycles. The molecule has 2 rings (SSSR count). The summed E-state index contributed by atoms with van der Waals surface area (Å²) in [6, 6.07) is 6.10. The van der Waals surface area contributed by atoms with Crippen molar-refractivity contribution in [3.8, 4) is 17.5 Å². The first-order valence-corrected chi connectivity index (χ1v) is 6.76. The Morgan fingerprint density at radius 3 is 2.33 bits per heavy atom. The molecule has 0 radical (unpaired) electrons. The monoisotopic (exact) mass is 287 g/mol. The lowest BCUT2D eigenvalue weighted by molar-refractivity contribution is 0.391. The van der Waals surface area contributed by atoms with E-state index in [9.17, 15) is 0 Å². The molecule has 0 aliphatic rings. The summed E-state index contributed by atoms with van der Waals surface area (Å²) < 4.78 is 10.9. The van der Waals surface area contributed by atoms with Gasteiger partial charge in [0.25, 0.3) is 0 Å². The van der Waals surface area contributed by atoms with E-state index in [0.717, 1.165) is 11.3 Å². The molecule has 112 valence electrons. The summed E-state index contributed by atoms with van der Waals surface area (Å²) in [5.41, 5.74) is 8.58. The molecule has 1 aromatic heterocycles. The average Bonchev–Trinajstić information content (AvgIpc) is 2.42. The zero-order chi connectivity index (χ0) is 15.6. The topological polar surface area (TPSA) is 70.3 Å². The van der Waals surface area contributed by atoms with Crippen LogP contribution in [0.5, 0.6) is 17.5 Å². The molecule has 1 heterocycles. The fourth-order valence-electron chi connectivity index (χ4n) is 1.94. The number of nitrogen functional groups attached to an aromatic ring is 1. The highest BCUT2D eigenvalue weighted by Gasteiger charge is 2.16. The minimum absolute atomic E-state index is 0.0977. The first kappa shape index (κ1) is 15.1. The minimum atomic E-state index is 0.0977. The van der Waals surface area contributed by atoms with Crippen LogP contribution < -0.4 is 15.2 Å². The van der Waals surface area contributed by atoms with Gasteiger partial charge in [-0.3, -0.25) is 0 Å². The lowest BCUT2D eigenvalue weighted by Gasteiger charge is -2.20. The standard InChI is InChI=1S/C16H21N3O2/c1-10-8-11(16(2,3)4)6-7-12(10)21-15-13(17)14(20-5)18-9-19-15/h6-9H,17H2,1-5H3. The third-order valence-electron chi connectivity index (χ3n) is 3.25. The number of methoxy groups -OCH3 is 1. The number of nitrogens with two attached hydrogens (primary N) is 1. The normalized spacial score (nSPS) is 11.3. The Balaban J connectivity index is 2.33. The van der Waals surface area contributed by atoms with Crippen LogP contribution in [0.15, 0.2) is 24.5 Å². The van der Waals surface area contributed by atoms with Gasteiger partial charge in [0.1, 0.15) is 12.1 Å². The molecule has 0 bridgehead atoms. The summed E-state index contributed by atoms with van der Waals surface area (Å²) in [7, 11) is 1.51. The van der Waals surface area contributed by atoms with E-state index < -0.39 is 0 Å². The van der Waals surface area contributed by atoms with Gasteiger partial charge in [0.05, 0.1) is 7.11 Å². The molecule has 1 aromatic carbocycles. The summed E-state index contributed by atoms with van der Waals surface area (Å²) in [5.74, 6) is 1.33. The summed E-state index contributed by atoms with van der Waals surface area (Å²) in [4.78, 5) is 7.99. The Labute approximate surface area is 125 Å². The van der Waals surface area contributed by atoms with E-state index in [-0.39, 0.29) is 5.41 Å². The lowest BCUT2D eigenvalue weighted by Crippen LogP contribution is -2.11. The van der Waals surface area contributed by atoms with Crippen LogP contribution in [0.4, 0.5) is 5.69 Å². The van der Waals surface area contributed by atoms with E-state index in [1.807, 2.05) is 13.0 Å². The van der Waals surface area contributed by atoms with Crippen molar-refractivity contribution in [2.75, 3.05) is 12.8 Å². The molecule has 0 aliphatic heterocycles. The van der Waals surface area contributed by atoms with Crippen molar-refractivity contribution in [3.05, 3.63) is 35.7 Å². The number of hydrogen-bond acceptors (Lipinski definition) is 5. The fourth-order valence-corrected chi connectivity index (χ4v) is 1.94.